The van der Waals surface area contributed by atoms with Crippen molar-refractivity contribution in [3.8, 4) is 5.75 Å². The van der Waals surface area contributed by atoms with Crippen LogP contribution >= 0.6 is 11.6 Å². The maximum Gasteiger partial charge on any atom is 0.314 e. The lowest BCUT2D eigenvalue weighted by atomic mass is 9.69. The van der Waals surface area contributed by atoms with E-state index >= 15 is 4.39 Å². The van der Waals surface area contributed by atoms with Crippen molar-refractivity contribution in [2.45, 2.75) is 44.9 Å². The van der Waals surface area contributed by atoms with E-state index in [4.69, 9.17) is 11.6 Å². The van der Waals surface area contributed by atoms with Crippen LogP contribution in [0.4, 0.5) is 4.39 Å². The minimum Gasteiger partial charge on any atom is -0.505 e. The highest BCUT2D eigenvalue weighted by atomic mass is 35.5. The number of phenolic OH excluding ortho intramolecular Hbond substituents is 1. The van der Waals surface area contributed by atoms with Crippen LogP contribution < -0.4 is 0 Å². The minimum absolute atomic E-state index is 0.0170. The van der Waals surface area contributed by atoms with Crippen LogP contribution in [0.25, 0.3) is 10.9 Å². The predicted molar refractivity (Wildman–Crippen MR) is 116 cm³/mol. The van der Waals surface area contributed by atoms with Crippen LogP contribution in [-0.4, -0.2) is 26.7 Å². The van der Waals surface area contributed by atoms with Gasteiger partial charge in [-0.25, -0.2) is 4.39 Å². The van der Waals surface area contributed by atoms with Gasteiger partial charge in [0.15, 0.2) is 11.6 Å². The molecule has 2 N–H and O–H groups in total. The lowest BCUT2D eigenvalue weighted by molar-refractivity contribution is -0.145. The summed E-state index contributed by atoms with van der Waals surface area (Å²) in [6.45, 7) is 3.24. The van der Waals surface area contributed by atoms with Gasteiger partial charge in [-0.15, -0.1) is 0 Å². The molecule has 1 aromatic heterocycles. The highest BCUT2D eigenvalue weighted by Gasteiger charge is 2.48. The van der Waals surface area contributed by atoms with Crippen molar-refractivity contribution >= 4 is 34.4 Å². The molecule has 2 aromatic carbocycles. The summed E-state index contributed by atoms with van der Waals surface area (Å²) >= 11 is 5.94. The number of aliphatic carboxylic acids is 1. The Morgan fingerprint density at radius 3 is 2.32 bits per heavy atom. The van der Waals surface area contributed by atoms with E-state index in [9.17, 15) is 19.8 Å². The van der Waals surface area contributed by atoms with Gasteiger partial charge in [-0.3, -0.25) is 14.2 Å². The quantitative estimate of drug-likeness (QED) is 0.544. The number of hydrogen-bond acceptors (Lipinski definition) is 3. The molecular weight excluding hydrogens is 421 g/mol. The summed E-state index contributed by atoms with van der Waals surface area (Å²) in [5, 5.41) is 20.8. The normalized spacial score (nSPS) is 16.5. The molecule has 1 saturated carbocycles. The number of carboxylic acids is 1. The van der Waals surface area contributed by atoms with Gasteiger partial charge >= 0.3 is 5.97 Å². The Balaban J connectivity index is 2.05. The summed E-state index contributed by atoms with van der Waals surface area (Å²) in [6.07, 6.45) is 3.23. The molecule has 0 bridgehead atoms. The second kappa shape index (κ2) is 7.68. The molecule has 0 amide bonds. The van der Waals surface area contributed by atoms with Gasteiger partial charge < -0.3 is 10.2 Å². The van der Waals surface area contributed by atoms with Gasteiger partial charge in [0.2, 0.25) is 0 Å². The lowest BCUT2D eigenvalue weighted by Gasteiger charge is -2.32. The molecule has 1 aliphatic carbocycles. The van der Waals surface area contributed by atoms with Crippen molar-refractivity contribution in [2.75, 3.05) is 0 Å². The van der Waals surface area contributed by atoms with E-state index in [2.05, 4.69) is 0 Å². The zero-order valence-corrected chi connectivity index (χ0v) is 18.0. The average molecular weight is 444 g/mol. The summed E-state index contributed by atoms with van der Waals surface area (Å²) in [6, 6.07) is 8.95. The zero-order valence-electron chi connectivity index (χ0n) is 17.3. The van der Waals surface area contributed by atoms with Crippen LogP contribution in [0.1, 0.15) is 54.2 Å². The van der Waals surface area contributed by atoms with Crippen LogP contribution in [-0.2, 0) is 10.2 Å². The maximum absolute atomic E-state index is 15.3. The smallest absolute Gasteiger partial charge is 0.314 e. The summed E-state index contributed by atoms with van der Waals surface area (Å²) < 4.78 is 16.6. The number of carboxylic acid groups (broad SMARTS) is 1. The van der Waals surface area contributed by atoms with Gasteiger partial charge in [0.05, 0.1) is 10.9 Å². The molecule has 0 radical (unpaired) electrons. The number of rotatable bonds is 4. The number of halogens is 2. The average Bonchev–Trinajstić information content (AvgIpc) is 3.37. The van der Waals surface area contributed by atoms with E-state index in [1.165, 1.54) is 16.7 Å². The largest absolute Gasteiger partial charge is 0.505 e. The van der Waals surface area contributed by atoms with Crippen LogP contribution in [0.5, 0.6) is 5.75 Å². The summed E-state index contributed by atoms with van der Waals surface area (Å²) in [5.74, 6) is -3.18. The Labute approximate surface area is 184 Å². The SMILES string of the molecule is Cc1c([C@](C)(C(=O)O)C2CCCC2)c2c(F)c(O)ccc2n1C(=O)c1ccc(Cl)cc1. The fourth-order valence-corrected chi connectivity index (χ4v) is 5.19. The highest BCUT2D eigenvalue weighted by Crippen LogP contribution is 2.48. The van der Waals surface area contributed by atoms with Gasteiger partial charge in [-0.1, -0.05) is 24.4 Å². The number of benzene rings is 2. The summed E-state index contributed by atoms with van der Waals surface area (Å²) in [5.41, 5.74) is -0.233. The maximum atomic E-state index is 15.3. The molecule has 1 atom stereocenters. The lowest BCUT2D eigenvalue weighted by Crippen LogP contribution is -2.40. The van der Waals surface area contributed by atoms with E-state index in [-0.39, 0.29) is 22.4 Å². The van der Waals surface area contributed by atoms with Crippen LogP contribution in [0.2, 0.25) is 5.02 Å². The van der Waals surface area contributed by atoms with E-state index in [1.54, 1.807) is 38.1 Å². The Morgan fingerprint density at radius 2 is 1.74 bits per heavy atom. The van der Waals surface area contributed by atoms with E-state index in [0.29, 0.717) is 29.1 Å². The number of phenols is 1. The molecule has 1 aliphatic rings. The van der Waals surface area contributed by atoms with Crippen LogP contribution in [0, 0.1) is 18.7 Å². The van der Waals surface area contributed by atoms with Crippen LogP contribution in [0.15, 0.2) is 36.4 Å². The minimum atomic E-state index is -1.40. The topological polar surface area (TPSA) is 79.5 Å². The third-order valence-electron chi connectivity index (χ3n) is 6.72. The number of carbonyl (C=O) groups is 2. The van der Waals surface area contributed by atoms with Crippen molar-refractivity contribution in [3.05, 3.63) is 64.1 Å². The molecule has 4 rings (SSSR count). The second-order valence-corrected chi connectivity index (χ2v) is 8.83. The molecule has 0 unspecified atom stereocenters. The number of aromatic nitrogens is 1. The molecule has 0 aliphatic heterocycles. The second-order valence-electron chi connectivity index (χ2n) is 8.39. The van der Waals surface area contributed by atoms with Gasteiger partial charge in [-0.2, -0.15) is 0 Å². The van der Waals surface area contributed by atoms with Crippen molar-refractivity contribution in [3.63, 3.8) is 0 Å². The zero-order chi connectivity index (χ0) is 22.5. The summed E-state index contributed by atoms with van der Waals surface area (Å²) in [4.78, 5) is 26.0. The molecule has 162 valence electrons. The first kappa shape index (κ1) is 21.4. The first-order chi connectivity index (χ1) is 14.7. The number of hydrogen-bond donors (Lipinski definition) is 2. The van der Waals surface area contributed by atoms with Crippen molar-refractivity contribution in [2.24, 2.45) is 5.92 Å². The van der Waals surface area contributed by atoms with Crippen molar-refractivity contribution in [1.82, 2.24) is 4.57 Å². The number of nitrogens with zero attached hydrogens (tertiary/aromatic N) is 1. The van der Waals surface area contributed by atoms with Gasteiger partial charge in [0, 0.05) is 27.2 Å². The third kappa shape index (κ3) is 3.21. The fourth-order valence-electron chi connectivity index (χ4n) is 5.06. The Morgan fingerprint density at radius 1 is 1.13 bits per heavy atom. The van der Waals surface area contributed by atoms with Crippen molar-refractivity contribution in [1.29, 1.82) is 0 Å². The molecular formula is C24H23ClFNO4. The molecule has 3 aromatic rings. The molecule has 1 fully saturated rings. The van der Waals surface area contributed by atoms with E-state index < -0.39 is 28.9 Å². The molecule has 7 heteroatoms. The molecule has 1 heterocycles. The van der Waals surface area contributed by atoms with E-state index in [1.807, 2.05) is 0 Å². The number of aromatic hydroxyl groups is 1. The summed E-state index contributed by atoms with van der Waals surface area (Å²) in [7, 11) is 0. The van der Waals surface area contributed by atoms with Crippen molar-refractivity contribution < 1.29 is 24.2 Å². The monoisotopic (exact) mass is 443 g/mol. The van der Waals surface area contributed by atoms with E-state index in [0.717, 1.165) is 12.8 Å². The first-order valence-electron chi connectivity index (χ1n) is 10.2. The molecule has 0 saturated heterocycles. The number of carbonyl (C=O) groups excluding carboxylic acids is 1. The van der Waals surface area contributed by atoms with Gasteiger partial charge in [0.25, 0.3) is 5.91 Å². The van der Waals surface area contributed by atoms with Gasteiger partial charge in [0.1, 0.15) is 0 Å². The Kier molecular flexibility index (Phi) is 5.30. The van der Waals surface area contributed by atoms with Crippen LogP contribution in [0.3, 0.4) is 0 Å². The molecule has 5 nitrogen and oxygen atoms in total. The Hall–Kier alpha value is -2.86. The van der Waals surface area contributed by atoms with Gasteiger partial charge in [-0.05, 0) is 69.0 Å². The Bertz CT molecular complexity index is 1190. The standard InChI is InChI=1S/C24H23ClFNO4/c1-13-20(24(2,23(30)31)15-5-3-4-6-15)19-17(11-12-18(28)21(19)26)27(13)22(29)14-7-9-16(25)10-8-14/h7-12,15,28H,3-6H2,1-2H3,(H,30,31)/t24-/m1/s1. The number of fused-ring (bicyclic) bond motifs is 1. The molecule has 0 spiro atoms. The predicted octanol–water partition coefficient (Wildman–Crippen LogP) is 5.67. The fraction of sp³-hybridized carbons (Fsp3) is 0.333. The molecule has 31 heavy (non-hydrogen) atoms. The highest BCUT2D eigenvalue weighted by molar-refractivity contribution is 6.30. The first-order valence-corrected chi connectivity index (χ1v) is 10.6. The third-order valence-corrected chi connectivity index (χ3v) is 6.97.